The minimum absolute atomic E-state index is 0.171. The Labute approximate surface area is 188 Å². The topological polar surface area (TPSA) is 79.0 Å². The van der Waals surface area contributed by atoms with Gasteiger partial charge in [-0.25, -0.2) is 0 Å². The number of carbonyl (C=O) groups is 3. The second kappa shape index (κ2) is 9.85. The van der Waals surface area contributed by atoms with Gasteiger partial charge >= 0.3 is 11.8 Å². The maximum atomic E-state index is 12.6. The maximum Gasteiger partial charge on any atom is 0.312 e. The highest BCUT2D eigenvalue weighted by Crippen LogP contribution is 2.25. The van der Waals surface area contributed by atoms with Crippen LogP contribution in [0, 0.1) is 0 Å². The quantitative estimate of drug-likeness (QED) is 0.679. The molecule has 1 aliphatic heterocycles. The molecule has 2 aliphatic rings. The molecule has 7 heteroatoms. The monoisotopic (exact) mass is 435 g/mol. The molecule has 0 unspecified atom stereocenters. The average molecular weight is 436 g/mol. The summed E-state index contributed by atoms with van der Waals surface area (Å²) in [6.45, 7) is 1.91. The fourth-order valence-corrected chi connectivity index (χ4v) is 4.45. The third-order valence-electron chi connectivity index (χ3n) is 6.28. The molecule has 2 fully saturated rings. The Hall–Kier alpha value is -3.35. The Bertz CT molecular complexity index is 983. The Balaban J connectivity index is 1.31. The van der Waals surface area contributed by atoms with Crippen LogP contribution in [0.25, 0.3) is 0 Å². The number of carbonyl (C=O) groups excluding carboxylic acids is 3. The summed E-state index contributed by atoms with van der Waals surface area (Å²) in [5.74, 6) is -0.228. The number of hydrogen-bond donors (Lipinski definition) is 1. The molecule has 168 valence electrons. The summed E-state index contributed by atoms with van der Waals surface area (Å²) in [6.07, 6.45) is 4.26. The van der Waals surface area contributed by atoms with E-state index in [9.17, 15) is 14.4 Å². The molecular formula is C25H29N3O4. The molecule has 1 saturated heterocycles. The van der Waals surface area contributed by atoms with Gasteiger partial charge in [-0.05, 0) is 48.2 Å². The largest absolute Gasteiger partial charge is 0.497 e. The lowest BCUT2D eigenvalue weighted by molar-refractivity contribution is -0.158. The van der Waals surface area contributed by atoms with E-state index < -0.39 is 5.91 Å². The molecule has 0 atom stereocenters. The number of benzene rings is 2. The molecule has 1 heterocycles. The van der Waals surface area contributed by atoms with Gasteiger partial charge in [-0.3, -0.25) is 14.4 Å². The summed E-state index contributed by atoms with van der Waals surface area (Å²) in [6, 6.07) is 14.9. The molecule has 4 rings (SSSR count). The van der Waals surface area contributed by atoms with Gasteiger partial charge in [0.25, 0.3) is 5.91 Å². The van der Waals surface area contributed by atoms with Gasteiger partial charge < -0.3 is 19.9 Å². The van der Waals surface area contributed by atoms with Crippen molar-refractivity contribution in [1.82, 2.24) is 15.1 Å². The van der Waals surface area contributed by atoms with Gasteiger partial charge in [0, 0.05) is 37.8 Å². The van der Waals surface area contributed by atoms with Crippen LogP contribution >= 0.6 is 0 Å². The molecule has 1 aliphatic carbocycles. The molecule has 3 amide bonds. The molecule has 0 radical (unpaired) electrons. The van der Waals surface area contributed by atoms with Crippen LogP contribution in [0.2, 0.25) is 0 Å². The van der Waals surface area contributed by atoms with E-state index in [4.69, 9.17) is 4.74 Å². The number of piperazine rings is 1. The van der Waals surface area contributed by atoms with Gasteiger partial charge in [0.05, 0.1) is 7.11 Å². The predicted octanol–water partition coefficient (Wildman–Crippen LogP) is 2.74. The van der Waals surface area contributed by atoms with Crippen LogP contribution in [0.3, 0.4) is 0 Å². The average Bonchev–Trinajstić information content (AvgIpc) is 3.36. The minimum Gasteiger partial charge on any atom is -0.497 e. The molecule has 1 saturated carbocycles. The number of ether oxygens (including phenoxy) is 1. The van der Waals surface area contributed by atoms with Crippen molar-refractivity contribution in [3.8, 4) is 5.75 Å². The van der Waals surface area contributed by atoms with E-state index in [2.05, 4.69) is 5.32 Å². The Morgan fingerprint density at radius 1 is 1.00 bits per heavy atom. The van der Waals surface area contributed by atoms with Crippen LogP contribution in [0.5, 0.6) is 5.75 Å². The maximum absolute atomic E-state index is 12.6. The van der Waals surface area contributed by atoms with Crippen LogP contribution < -0.4 is 10.1 Å². The first-order valence-corrected chi connectivity index (χ1v) is 11.1. The molecule has 2 aromatic carbocycles. The minimum atomic E-state index is -0.428. The number of hydrogen-bond acceptors (Lipinski definition) is 4. The van der Waals surface area contributed by atoms with Crippen molar-refractivity contribution in [2.24, 2.45) is 0 Å². The van der Waals surface area contributed by atoms with E-state index in [-0.39, 0.29) is 17.9 Å². The molecular weight excluding hydrogens is 406 g/mol. The lowest BCUT2D eigenvalue weighted by Gasteiger charge is -2.37. The van der Waals surface area contributed by atoms with E-state index in [0.29, 0.717) is 31.7 Å². The predicted molar refractivity (Wildman–Crippen MR) is 120 cm³/mol. The highest BCUT2D eigenvalue weighted by Gasteiger charge is 2.37. The molecule has 2 aromatic rings. The van der Waals surface area contributed by atoms with Crippen molar-refractivity contribution in [2.45, 2.75) is 44.8 Å². The van der Waals surface area contributed by atoms with Gasteiger partial charge in [-0.2, -0.15) is 0 Å². The number of nitrogens with zero attached hydrogens (tertiary/aromatic N) is 2. The molecule has 7 nitrogen and oxygen atoms in total. The highest BCUT2D eigenvalue weighted by atomic mass is 16.5. The molecule has 1 N–H and O–H groups in total. The zero-order chi connectivity index (χ0) is 22.5. The zero-order valence-corrected chi connectivity index (χ0v) is 18.4. The molecule has 0 spiro atoms. The number of methoxy groups -OCH3 is 1. The van der Waals surface area contributed by atoms with Crippen LogP contribution in [-0.2, 0) is 22.7 Å². The summed E-state index contributed by atoms with van der Waals surface area (Å²) in [5.41, 5.74) is 2.39. The summed E-state index contributed by atoms with van der Waals surface area (Å²) < 4.78 is 5.20. The lowest BCUT2D eigenvalue weighted by atomic mass is 10.1. The van der Waals surface area contributed by atoms with Gasteiger partial charge in [0.15, 0.2) is 0 Å². The van der Waals surface area contributed by atoms with E-state index in [1.807, 2.05) is 36.4 Å². The van der Waals surface area contributed by atoms with Crippen molar-refractivity contribution < 1.29 is 19.1 Å². The summed E-state index contributed by atoms with van der Waals surface area (Å²) in [7, 11) is 1.61. The van der Waals surface area contributed by atoms with Crippen LogP contribution in [-0.4, -0.2) is 53.8 Å². The van der Waals surface area contributed by atoms with Crippen LogP contribution in [0.1, 0.15) is 47.2 Å². The van der Waals surface area contributed by atoms with Crippen molar-refractivity contribution >= 4 is 17.7 Å². The van der Waals surface area contributed by atoms with Crippen molar-refractivity contribution in [3.05, 3.63) is 65.2 Å². The van der Waals surface area contributed by atoms with Crippen LogP contribution in [0.15, 0.2) is 48.5 Å². The van der Waals surface area contributed by atoms with Gasteiger partial charge in [-0.15, -0.1) is 0 Å². The van der Waals surface area contributed by atoms with E-state index >= 15 is 0 Å². The lowest BCUT2D eigenvalue weighted by Crippen LogP contribution is -2.56. The molecule has 32 heavy (non-hydrogen) atoms. The van der Waals surface area contributed by atoms with Crippen molar-refractivity contribution in [1.29, 1.82) is 0 Å². The fourth-order valence-electron chi connectivity index (χ4n) is 4.45. The molecule has 0 bridgehead atoms. The summed E-state index contributed by atoms with van der Waals surface area (Å²) in [4.78, 5) is 41.0. The third kappa shape index (κ3) is 4.93. The van der Waals surface area contributed by atoms with E-state index in [1.54, 1.807) is 29.0 Å². The second-order valence-corrected chi connectivity index (χ2v) is 8.39. The Morgan fingerprint density at radius 3 is 2.47 bits per heavy atom. The van der Waals surface area contributed by atoms with Gasteiger partial charge in [-0.1, -0.05) is 37.1 Å². The Kier molecular flexibility index (Phi) is 6.73. The third-order valence-corrected chi connectivity index (χ3v) is 6.28. The zero-order valence-electron chi connectivity index (χ0n) is 18.4. The van der Waals surface area contributed by atoms with Gasteiger partial charge in [0.1, 0.15) is 5.75 Å². The normalized spacial score (nSPS) is 17.0. The SMILES string of the molecule is COc1cccc(CNC(=O)c2ccc(CN3CCN(C4CCCC4)C(=O)C3=O)cc2)c1. The van der Waals surface area contributed by atoms with Crippen molar-refractivity contribution in [2.75, 3.05) is 20.2 Å². The number of amides is 3. The Morgan fingerprint density at radius 2 is 1.75 bits per heavy atom. The smallest absolute Gasteiger partial charge is 0.312 e. The number of nitrogens with one attached hydrogen (secondary N) is 1. The van der Waals surface area contributed by atoms with Crippen molar-refractivity contribution in [3.63, 3.8) is 0 Å². The summed E-state index contributed by atoms with van der Waals surface area (Å²) >= 11 is 0. The standard InChI is InChI=1S/C25H29N3O4/c1-32-22-8-4-5-19(15-22)16-26-23(29)20-11-9-18(10-12-20)17-27-13-14-28(25(31)24(27)30)21-6-2-3-7-21/h4-5,8-12,15,21H,2-3,6-7,13-14,16-17H2,1H3,(H,26,29). The van der Waals surface area contributed by atoms with E-state index in [0.717, 1.165) is 42.6 Å². The first-order chi connectivity index (χ1) is 15.5. The molecule has 0 aromatic heterocycles. The summed E-state index contributed by atoms with van der Waals surface area (Å²) in [5, 5.41) is 2.90. The van der Waals surface area contributed by atoms with Crippen LogP contribution in [0.4, 0.5) is 0 Å². The first kappa shape index (κ1) is 21.9. The fraction of sp³-hybridized carbons (Fsp3) is 0.400. The highest BCUT2D eigenvalue weighted by molar-refractivity contribution is 6.35. The second-order valence-electron chi connectivity index (χ2n) is 8.39. The first-order valence-electron chi connectivity index (χ1n) is 11.1. The number of rotatable bonds is 7. The van der Waals surface area contributed by atoms with Gasteiger partial charge in [0.2, 0.25) is 0 Å². The van der Waals surface area contributed by atoms with E-state index in [1.165, 1.54) is 0 Å².